The highest BCUT2D eigenvalue weighted by Gasteiger charge is 2.35. The lowest BCUT2D eigenvalue weighted by Gasteiger charge is -2.31. The molecule has 0 bridgehead atoms. The van der Waals surface area contributed by atoms with Crippen LogP contribution in [0, 0.1) is 0 Å². The smallest absolute Gasteiger partial charge is 0.308 e. The van der Waals surface area contributed by atoms with Crippen LogP contribution in [0.5, 0.6) is 0 Å². The second kappa shape index (κ2) is 8.34. The minimum Gasteiger partial charge on any atom is -0.308 e. The number of hydrogen-bond acceptors (Lipinski definition) is 3. The van der Waals surface area contributed by atoms with Gasteiger partial charge in [0.15, 0.2) is 0 Å². The molecule has 1 aliphatic rings. The molecule has 0 saturated heterocycles. The standard InChI is InChI=1S/C20H22ClN3O2/c21-16-10-8-15(9-11-16)20(12-4-5-13-20)22-14-18(25)24-19(26)23-17-6-2-1-3-7-17/h1-3,6-11,22H,4-5,12-14H2,(H2,23,24,25,26). The van der Waals surface area contributed by atoms with E-state index in [0.29, 0.717) is 10.7 Å². The first-order valence-electron chi connectivity index (χ1n) is 8.74. The van der Waals surface area contributed by atoms with Crippen molar-refractivity contribution in [3.63, 3.8) is 0 Å². The Labute approximate surface area is 158 Å². The monoisotopic (exact) mass is 371 g/mol. The molecule has 1 aliphatic carbocycles. The van der Waals surface area contributed by atoms with E-state index in [2.05, 4.69) is 16.0 Å². The first kappa shape index (κ1) is 18.4. The first-order chi connectivity index (χ1) is 12.6. The molecule has 6 heteroatoms. The van der Waals surface area contributed by atoms with Crippen molar-refractivity contribution >= 4 is 29.2 Å². The number of rotatable bonds is 5. The van der Waals surface area contributed by atoms with Crippen molar-refractivity contribution in [1.29, 1.82) is 0 Å². The second-order valence-corrected chi connectivity index (χ2v) is 6.95. The van der Waals surface area contributed by atoms with Gasteiger partial charge in [0.25, 0.3) is 0 Å². The Kier molecular flexibility index (Phi) is 5.91. The summed E-state index contributed by atoms with van der Waals surface area (Å²) in [7, 11) is 0. The molecule has 3 rings (SSSR count). The van der Waals surface area contributed by atoms with Crippen LogP contribution >= 0.6 is 11.6 Å². The van der Waals surface area contributed by atoms with Crippen LogP contribution in [0.2, 0.25) is 5.02 Å². The summed E-state index contributed by atoms with van der Waals surface area (Å²) in [6.45, 7) is 0.0742. The van der Waals surface area contributed by atoms with Crippen LogP contribution in [-0.4, -0.2) is 18.5 Å². The van der Waals surface area contributed by atoms with Crippen LogP contribution in [0.4, 0.5) is 10.5 Å². The van der Waals surface area contributed by atoms with Crippen LogP contribution in [0.25, 0.3) is 0 Å². The van der Waals surface area contributed by atoms with Crippen LogP contribution in [0.1, 0.15) is 31.2 Å². The molecule has 2 aromatic rings. The minimum atomic E-state index is -0.532. The summed E-state index contributed by atoms with van der Waals surface area (Å²) in [6.07, 6.45) is 4.12. The van der Waals surface area contributed by atoms with Crippen molar-refractivity contribution < 1.29 is 9.59 Å². The average Bonchev–Trinajstić information content (AvgIpc) is 3.11. The molecule has 3 N–H and O–H groups in total. The molecule has 26 heavy (non-hydrogen) atoms. The highest BCUT2D eigenvalue weighted by Crippen LogP contribution is 2.38. The molecule has 3 amide bonds. The van der Waals surface area contributed by atoms with Crippen LogP contribution < -0.4 is 16.0 Å². The van der Waals surface area contributed by atoms with E-state index in [-0.39, 0.29) is 18.0 Å². The van der Waals surface area contributed by atoms with Gasteiger partial charge < -0.3 is 5.32 Å². The second-order valence-electron chi connectivity index (χ2n) is 6.52. The van der Waals surface area contributed by atoms with E-state index in [0.717, 1.165) is 31.2 Å². The highest BCUT2D eigenvalue weighted by atomic mass is 35.5. The lowest BCUT2D eigenvalue weighted by atomic mass is 9.88. The Balaban J connectivity index is 1.56. The molecule has 0 spiro atoms. The summed E-state index contributed by atoms with van der Waals surface area (Å²) >= 11 is 5.99. The van der Waals surface area contributed by atoms with Gasteiger partial charge in [-0.25, -0.2) is 4.79 Å². The van der Waals surface area contributed by atoms with Crippen LogP contribution in [0.3, 0.4) is 0 Å². The Morgan fingerprint density at radius 2 is 1.62 bits per heavy atom. The van der Waals surface area contributed by atoms with Gasteiger partial charge in [0, 0.05) is 16.2 Å². The van der Waals surface area contributed by atoms with Crippen molar-refractivity contribution in [3.8, 4) is 0 Å². The molecule has 0 atom stereocenters. The van der Waals surface area contributed by atoms with E-state index in [1.165, 1.54) is 0 Å². The number of anilines is 1. The molecular formula is C20H22ClN3O2. The summed E-state index contributed by atoms with van der Waals surface area (Å²) in [5, 5.41) is 9.05. The van der Waals surface area contributed by atoms with Gasteiger partial charge in [-0.05, 0) is 42.7 Å². The molecule has 1 saturated carbocycles. The molecule has 5 nitrogen and oxygen atoms in total. The van der Waals surface area contributed by atoms with Gasteiger partial charge in [-0.15, -0.1) is 0 Å². The molecule has 1 fully saturated rings. The number of halogens is 1. The fourth-order valence-corrected chi connectivity index (χ4v) is 3.55. The predicted octanol–water partition coefficient (Wildman–Crippen LogP) is 4.05. The lowest BCUT2D eigenvalue weighted by Crippen LogP contribution is -2.47. The number of urea groups is 1. The summed E-state index contributed by atoms with van der Waals surface area (Å²) < 4.78 is 0. The van der Waals surface area contributed by atoms with E-state index < -0.39 is 6.03 Å². The van der Waals surface area contributed by atoms with Gasteiger partial charge in [-0.2, -0.15) is 0 Å². The third-order valence-corrected chi connectivity index (χ3v) is 4.98. The van der Waals surface area contributed by atoms with Gasteiger partial charge in [0.2, 0.25) is 5.91 Å². The van der Waals surface area contributed by atoms with E-state index in [4.69, 9.17) is 11.6 Å². The van der Waals surface area contributed by atoms with Gasteiger partial charge in [0.05, 0.1) is 6.54 Å². The van der Waals surface area contributed by atoms with E-state index in [1.807, 2.05) is 42.5 Å². The van der Waals surface area contributed by atoms with Gasteiger partial charge in [-0.1, -0.05) is 54.8 Å². The normalized spacial score (nSPS) is 15.4. The number of para-hydroxylation sites is 1. The minimum absolute atomic E-state index is 0.0742. The lowest BCUT2D eigenvalue weighted by molar-refractivity contribution is -0.119. The van der Waals surface area contributed by atoms with Gasteiger partial charge >= 0.3 is 6.03 Å². The summed E-state index contributed by atoms with van der Waals surface area (Å²) in [6, 6.07) is 16.2. The number of nitrogens with one attached hydrogen (secondary N) is 3. The van der Waals surface area contributed by atoms with Crippen molar-refractivity contribution in [3.05, 3.63) is 65.2 Å². The SMILES string of the molecule is O=C(CNC1(c2ccc(Cl)cc2)CCCC1)NC(=O)Nc1ccccc1. The number of carbonyl (C=O) groups is 2. The maximum Gasteiger partial charge on any atom is 0.325 e. The number of imide groups is 1. The Morgan fingerprint density at radius 3 is 2.27 bits per heavy atom. The number of carbonyl (C=O) groups excluding carboxylic acids is 2. The summed E-state index contributed by atoms with van der Waals surface area (Å²) in [5.41, 5.74) is 1.53. The number of amides is 3. The third kappa shape index (κ3) is 4.62. The van der Waals surface area contributed by atoms with E-state index in [1.54, 1.807) is 12.1 Å². The largest absolute Gasteiger partial charge is 0.325 e. The number of hydrogen-bond donors (Lipinski definition) is 3. The molecule has 0 heterocycles. The zero-order valence-corrected chi connectivity index (χ0v) is 15.2. The quantitative estimate of drug-likeness (QED) is 0.742. The molecule has 0 unspecified atom stereocenters. The Morgan fingerprint density at radius 1 is 0.962 bits per heavy atom. The topological polar surface area (TPSA) is 70.2 Å². The Hall–Kier alpha value is -2.37. The number of benzene rings is 2. The fourth-order valence-electron chi connectivity index (χ4n) is 3.42. The molecule has 0 aliphatic heterocycles. The Bertz CT molecular complexity index is 756. The van der Waals surface area contributed by atoms with Crippen molar-refractivity contribution in [2.24, 2.45) is 0 Å². The third-order valence-electron chi connectivity index (χ3n) is 4.73. The summed E-state index contributed by atoms with van der Waals surface area (Å²) in [5.74, 6) is -0.362. The highest BCUT2D eigenvalue weighted by molar-refractivity contribution is 6.30. The first-order valence-corrected chi connectivity index (χ1v) is 9.12. The van der Waals surface area contributed by atoms with E-state index in [9.17, 15) is 9.59 Å². The van der Waals surface area contributed by atoms with Crippen molar-refractivity contribution in [2.45, 2.75) is 31.2 Å². The van der Waals surface area contributed by atoms with Gasteiger partial charge in [0.1, 0.15) is 0 Å². The van der Waals surface area contributed by atoms with Crippen molar-refractivity contribution in [2.75, 3.05) is 11.9 Å². The van der Waals surface area contributed by atoms with Gasteiger partial charge in [-0.3, -0.25) is 15.4 Å². The predicted molar refractivity (Wildman–Crippen MR) is 103 cm³/mol. The molecular weight excluding hydrogens is 350 g/mol. The maximum absolute atomic E-state index is 12.2. The summed E-state index contributed by atoms with van der Waals surface area (Å²) in [4.78, 5) is 24.1. The molecule has 0 radical (unpaired) electrons. The average molecular weight is 372 g/mol. The molecule has 2 aromatic carbocycles. The zero-order valence-electron chi connectivity index (χ0n) is 14.4. The maximum atomic E-state index is 12.2. The van der Waals surface area contributed by atoms with Crippen molar-refractivity contribution in [1.82, 2.24) is 10.6 Å². The molecule has 0 aromatic heterocycles. The molecule has 136 valence electrons. The van der Waals surface area contributed by atoms with E-state index >= 15 is 0 Å². The zero-order chi connectivity index (χ0) is 18.4. The fraction of sp³-hybridized carbons (Fsp3) is 0.300. The van der Waals surface area contributed by atoms with Crippen LogP contribution in [-0.2, 0) is 10.3 Å². The van der Waals surface area contributed by atoms with Crippen LogP contribution in [0.15, 0.2) is 54.6 Å².